The van der Waals surface area contributed by atoms with Gasteiger partial charge in [0.15, 0.2) is 0 Å². The van der Waals surface area contributed by atoms with Crippen molar-refractivity contribution in [3.05, 3.63) is 34.9 Å². The van der Waals surface area contributed by atoms with Crippen LogP contribution in [0.15, 0.2) is 24.3 Å². The van der Waals surface area contributed by atoms with E-state index in [9.17, 15) is 0 Å². The fourth-order valence-corrected chi connectivity index (χ4v) is 7.48. The van der Waals surface area contributed by atoms with Crippen molar-refractivity contribution in [3.63, 3.8) is 0 Å². The predicted molar refractivity (Wildman–Crippen MR) is 110 cm³/mol. The number of hydrogen-bond donors (Lipinski definition) is 0. The molecule has 3 rings (SSSR count). The van der Waals surface area contributed by atoms with Crippen molar-refractivity contribution in [3.8, 4) is 0 Å². The van der Waals surface area contributed by atoms with Crippen LogP contribution < -0.4 is 0 Å². The maximum Gasteiger partial charge on any atom is 0.0406 e. The van der Waals surface area contributed by atoms with E-state index in [1.165, 1.54) is 56.1 Å². The summed E-state index contributed by atoms with van der Waals surface area (Å²) in [5, 5.41) is 0.864. The zero-order valence-electron chi connectivity index (χ0n) is 15.7. The van der Waals surface area contributed by atoms with Crippen LogP contribution in [0.25, 0.3) is 0 Å². The van der Waals surface area contributed by atoms with Crippen LogP contribution in [0.3, 0.4) is 0 Å². The minimum atomic E-state index is 0.231. The molecule has 0 radical (unpaired) electrons. The van der Waals surface area contributed by atoms with Gasteiger partial charge in [-0.3, -0.25) is 0 Å². The first kappa shape index (κ1) is 18.5. The largest absolute Gasteiger partial charge is 0.0843 e. The SMILES string of the molecule is CCC[SiH2][C@H]1CC[C@](C)(C2CCC(c3ccc(Cl)cc3)CC2)CC1. The van der Waals surface area contributed by atoms with Crippen molar-refractivity contribution < 1.29 is 0 Å². The third-order valence-electron chi connectivity index (χ3n) is 7.27. The maximum absolute atomic E-state index is 6.04. The monoisotopic (exact) mass is 362 g/mol. The molecule has 2 fully saturated rings. The van der Waals surface area contributed by atoms with E-state index < -0.39 is 0 Å². The lowest BCUT2D eigenvalue weighted by atomic mass is 9.61. The van der Waals surface area contributed by atoms with Gasteiger partial charge in [-0.1, -0.05) is 68.4 Å². The van der Waals surface area contributed by atoms with Gasteiger partial charge in [0.25, 0.3) is 0 Å². The molecule has 0 atom stereocenters. The van der Waals surface area contributed by atoms with E-state index in [1.54, 1.807) is 18.9 Å². The first-order valence-electron chi connectivity index (χ1n) is 10.4. The van der Waals surface area contributed by atoms with Crippen LogP contribution in [0.1, 0.15) is 83.1 Å². The molecule has 2 aliphatic rings. The van der Waals surface area contributed by atoms with Gasteiger partial charge < -0.3 is 0 Å². The molecule has 1 aromatic rings. The number of benzene rings is 1. The van der Waals surface area contributed by atoms with Crippen LogP contribution >= 0.6 is 11.6 Å². The van der Waals surface area contributed by atoms with E-state index in [0.717, 1.165) is 16.9 Å². The fourth-order valence-electron chi connectivity index (χ4n) is 5.39. The molecule has 0 unspecified atom stereocenters. The molecule has 0 heterocycles. The topological polar surface area (TPSA) is 0 Å². The zero-order chi connectivity index (χ0) is 17.0. The normalized spacial score (nSPS) is 34.7. The molecule has 0 nitrogen and oxygen atoms in total. The van der Waals surface area contributed by atoms with Gasteiger partial charge in [0.1, 0.15) is 0 Å². The summed E-state index contributed by atoms with van der Waals surface area (Å²) in [6.07, 6.45) is 13.2. The molecule has 0 aliphatic heterocycles. The lowest BCUT2D eigenvalue weighted by Crippen LogP contribution is -2.34. The van der Waals surface area contributed by atoms with Gasteiger partial charge in [-0.25, -0.2) is 0 Å². The van der Waals surface area contributed by atoms with Gasteiger partial charge in [-0.05, 0) is 73.5 Å². The van der Waals surface area contributed by atoms with Crippen molar-refractivity contribution >= 4 is 21.1 Å². The molecule has 0 amide bonds. The smallest absolute Gasteiger partial charge is 0.0406 e. The number of rotatable bonds is 5. The predicted octanol–water partition coefficient (Wildman–Crippen LogP) is 6.98. The average Bonchev–Trinajstić information content (AvgIpc) is 2.62. The summed E-state index contributed by atoms with van der Waals surface area (Å²) in [6.45, 7) is 4.98. The highest BCUT2D eigenvalue weighted by Crippen LogP contribution is 2.52. The second kappa shape index (κ2) is 8.41. The van der Waals surface area contributed by atoms with Gasteiger partial charge in [-0.2, -0.15) is 0 Å². The Morgan fingerprint density at radius 3 is 2.21 bits per heavy atom. The third-order valence-corrected chi connectivity index (χ3v) is 10.3. The molecular weight excluding hydrogens is 328 g/mol. The Morgan fingerprint density at radius 1 is 1.00 bits per heavy atom. The first-order valence-corrected chi connectivity index (χ1v) is 12.6. The maximum atomic E-state index is 6.04. The summed E-state index contributed by atoms with van der Waals surface area (Å²) in [6, 6.07) is 10.2. The number of hydrogen-bond acceptors (Lipinski definition) is 0. The van der Waals surface area contributed by atoms with E-state index in [1.807, 2.05) is 0 Å². The highest BCUT2D eigenvalue weighted by atomic mass is 35.5. The van der Waals surface area contributed by atoms with E-state index in [0.29, 0.717) is 5.41 Å². The Hall–Kier alpha value is -0.273. The van der Waals surface area contributed by atoms with E-state index in [2.05, 4.69) is 38.1 Å². The summed E-state index contributed by atoms with van der Waals surface area (Å²) >= 11 is 6.04. The standard InChI is InChI=1S/C22H35ClSi/c1-3-16-24-21-12-14-22(2,15-13-21)19-8-4-17(5-9-19)18-6-10-20(23)11-7-18/h6-7,10-11,17,19,21H,3-5,8-9,12-16,24H2,1-2H3/t17?,19?,21-,22-. The second-order valence-electron chi connectivity index (χ2n) is 8.84. The van der Waals surface area contributed by atoms with Crippen LogP contribution in [0.2, 0.25) is 16.6 Å². The quantitative estimate of drug-likeness (QED) is 0.495. The molecule has 2 saturated carbocycles. The molecular formula is C22H35ClSi. The molecule has 2 heteroatoms. The number of halogens is 1. The highest BCUT2D eigenvalue weighted by Gasteiger charge is 2.39. The fraction of sp³-hybridized carbons (Fsp3) is 0.727. The molecule has 0 bridgehead atoms. The zero-order valence-corrected chi connectivity index (χ0v) is 17.9. The molecule has 0 N–H and O–H groups in total. The Labute approximate surface area is 156 Å². The van der Waals surface area contributed by atoms with Crippen LogP contribution in [-0.4, -0.2) is 9.52 Å². The molecule has 24 heavy (non-hydrogen) atoms. The molecule has 2 aliphatic carbocycles. The second-order valence-corrected chi connectivity index (χ2v) is 11.7. The summed E-state index contributed by atoms with van der Waals surface area (Å²) in [5.41, 5.74) is 3.34. The van der Waals surface area contributed by atoms with E-state index in [4.69, 9.17) is 11.6 Å². The Morgan fingerprint density at radius 2 is 1.62 bits per heavy atom. The first-order chi connectivity index (χ1) is 11.6. The summed E-state index contributed by atoms with van der Waals surface area (Å²) in [5.74, 6) is 1.75. The molecule has 0 saturated heterocycles. The minimum Gasteiger partial charge on any atom is -0.0843 e. The summed E-state index contributed by atoms with van der Waals surface area (Å²) < 4.78 is 0. The van der Waals surface area contributed by atoms with Crippen molar-refractivity contribution in [2.24, 2.45) is 11.3 Å². The van der Waals surface area contributed by atoms with Gasteiger partial charge in [0.05, 0.1) is 0 Å². The molecule has 0 spiro atoms. The third kappa shape index (κ3) is 4.46. The van der Waals surface area contributed by atoms with Crippen LogP contribution in [0.4, 0.5) is 0 Å². The van der Waals surface area contributed by atoms with Gasteiger partial charge in [0, 0.05) is 14.5 Å². The van der Waals surface area contributed by atoms with E-state index in [-0.39, 0.29) is 9.52 Å². The van der Waals surface area contributed by atoms with Crippen molar-refractivity contribution in [2.45, 2.75) is 89.1 Å². The Balaban J connectivity index is 1.50. The summed E-state index contributed by atoms with van der Waals surface area (Å²) in [7, 11) is 0.231. The minimum absolute atomic E-state index is 0.231. The van der Waals surface area contributed by atoms with Gasteiger partial charge in [0.2, 0.25) is 0 Å². The lowest BCUT2D eigenvalue weighted by Gasteiger charge is -2.46. The molecule has 134 valence electrons. The summed E-state index contributed by atoms with van der Waals surface area (Å²) in [4.78, 5) is 0. The van der Waals surface area contributed by atoms with E-state index >= 15 is 0 Å². The van der Waals surface area contributed by atoms with Crippen molar-refractivity contribution in [1.29, 1.82) is 0 Å². The van der Waals surface area contributed by atoms with Crippen LogP contribution in [0.5, 0.6) is 0 Å². The molecule has 1 aromatic carbocycles. The van der Waals surface area contributed by atoms with Crippen molar-refractivity contribution in [1.82, 2.24) is 0 Å². The highest BCUT2D eigenvalue weighted by molar-refractivity contribution is 6.37. The van der Waals surface area contributed by atoms with Gasteiger partial charge in [-0.15, -0.1) is 0 Å². The molecule has 0 aromatic heterocycles. The van der Waals surface area contributed by atoms with Crippen LogP contribution in [0, 0.1) is 11.3 Å². The van der Waals surface area contributed by atoms with Gasteiger partial charge >= 0.3 is 0 Å². The lowest BCUT2D eigenvalue weighted by molar-refractivity contribution is 0.0825. The van der Waals surface area contributed by atoms with Crippen LogP contribution in [-0.2, 0) is 0 Å². The Kier molecular flexibility index (Phi) is 6.48. The Bertz CT molecular complexity index is 493. The van der Waals surface area contributed by atoms with Crippen molar-refractivity contribution in [2.75, 3.05) is 0 Å². The average molecular weight is 363 g/mol.